The minimum absolute atomic E-state index is 0.221. The van der Waals surface area contributed by atoms with Gasteiger partial charge in [-0.2, -0.15) is 0 Å². The fourth-order valence-corrected chi connectivity index (χ4v) is 4.15. The van der Waals surface area contributed by atoms with E-state index in [0.29, 0.717) is 16.0 Å². The number of quaternary nitrogens is 1. The molecule has 1 fully saturated rings. The van der Waals surface area contributed by atoms with E-state index in [1.807, 2.05) is 30.3 Å². The van der Waals surface area contributed by atoms with Gasteiger partial charge in [-0.05, 0) is 49.1 Å². The van der Waals surface area contributed by atoms with Gasteiger partial charge in [0, 0.05) is 6.42 Å². The van der Waals surface area contributed by atoms with E-state index < -0.39 is 6.23 Å². The molecule has 1 aliphatic rings. The predicted molar refractivity (Wildman–Crippen MR) is 103 cm³/mol. The van der Waals surface area contributed by atoms with Crippen molar-refractivity contribution < 1.29 is 23.5 Å². The van der Waals surface area contributed by atoms with Gasteiger partial charge in [-0.3, -0.25) is 4.48 Å². The highest BCUT2D eigenvalue weighted by atomic mass is 19.1. The number of hydrogen-bond donors (Lipinski definition) is 1. The summed E-state index contributed by atoms with van der Waals surface area (Å²) in [6.45, 7) is 2.64. The number of benzene rings is 2. The van der Waals surface area contributed by atoms with Crippen LogP contribution >= 0.6 is 0 Å². The molecule has 0 bridgehead atoms. The molecule has 1 N–H and O–H groups in total. The van der Waals surface area contributed by atoms with Crippen molar-refractivity contribution in [1.29, 1.82) is 0 Å². The molecular weight excluding hydrogens is 345 g/mol. The molecule has 2 aromatic rings. The van der Waals surface area contributed by atoms with E-state index in [2.05, 4.69) is 0 Å². The van der Waals surface area contributed by atoms with E-state index in [9.17, 15) is 9.50 Å². The van der Waals surface area contributed by atoms with E-state index in [-0.39, 0.29) is 5.82 Å². The zero-order valence-corrected chi connectivity index (χ0v) is 16.2. The van der Waals surface area contributed by atoms with Crippen LogP contribution in [0.4, 0.5) is 4.39 Å². The Hall–Kier alpha value is -2.11. The number of halogens is 1. The number of aliphatic hydroxyl groups is 1. The number of rotatable bonds is 7. The van der Waals surface area contributed by atoms with Crippen molar-refractivity contribution >= 4 is 0 Å². The molecule has 4 nitrogen and oxygen atoms in total. The largest absolute Gasteiger partial charge is 0.493 e. The molecule has 1 heterocycles. The Labute approximate surface area is 160 Å². The zero-order valence-electron chi connectivity index (χ0n) is 16.2. The van der Waals surface area contributed by atoms with Gasteiger partial charge in [-0.1, -0.05) is 18.2 Å². The van der Waals surface area contributed by atoms with Crippen molar-refractivity contribution in [2.24, 2.45) is 0 Å². The van der Waals surface area contributed by atoms with Crippen LogP contribution in [0.3, 0.4) is 0 Å². The smallest absolute Gasteiger partial charge is 0.221 e. The number of hydrogen-bond acceptors (Lipinski definition) is 3. The van der Waals surface area contributed by atoms with Gasteiger partial charge in [0.25, 0.3) is 0 Å². The first-order chi connectivity index (χ1) is 13.1. The SMILES string of the molecule is COc1cccc(C(O)[N+]2(CCc3ccc(F)cc3)CCCCC2)c1OC. The van der Waals surface area contributed by atoms with Gasteiger partial charge < -0.3 is 14.6 Å². The van der Waals surface area contributed by atoms with Crippen LogP contribution in [0.2, 0.25) is 0 Å². The lowest BCUT2D eigenvalue weighted by molar-refractivity contribution is -0.981. The normalized spacial score (nSPS) is 17.3. The minimum Gasteiger partial charge on any atom is -0.493 e. The van der Waals surface area contributed by atoms with Crippen molar-refractivity contribution in [3.05, 3.63) is 59.4 Å². The van der Waals surface area contributed by atoms with Crippen LogP contribution in [-0.4, -0.2) is 43.4 Å². The van der Waals surface area contributed by atoms with Gasteiger partial charge in [0.1, 0.15) is 5.82 Å². The molecule has 1 atom stereocenters. The molecule has 2 aromatic carbocycles. The van der Waals surface area contributed by atoms with Crippen molar-refractivity contribution in [2.75, 3.05) is 33.9 Å². The predicted octanol–water partition coefficient (Wildman–Crippen LogP) is 4.08. The lowest BCUT2D eigenvalue weighted by Crippen LogP contribution is -2.55. The summed E-state index contributed by atoms with van der Waals surface area (Å²) in [7, 11) is 3.21. The quantitative estimate of drug-likeness (QED) is 0.743. The first kappa shape index (κ1) is 19.6. The van der Waals surface area contributed by atoms with Crippen molar-refractivity contribution in [2.45, 2.75) is 31.9 Å². The Morgan fingerprint density at radius 3 is 2.33 bits per heavy atom. The standard InChI is InChI=1S/C22H29FNO3/c1-26-20-8-6-7-19(21(20)27-2)22(25)24(14-4-3-5-15-24)16-13-17-9-11-18(23)12-10-17/h6-12,22,25H,3-5,13-16H2,1-2H3/q+1. The third kappa shape index (κ3) is 4.25. The number of nitrogens with zero attached hydrogens (tertiary/aromatic N) is 1. The van der Waals surface area contributed by atoms with E-state index in [0.717, 1.165) is 50.0 Å². The third-order valence-corrected chi connectivity index (χ3v) is 5.70. The molecule has 0 saturated carbocycles. The van der Waals surface area contributed by atoms with Crippen LogP contribution in [0.25, 0.3) is 0 Å². The van der Waals surface area contributed by atoms with Gasteiger partial charge in [0.2, 0.25) is 6.23 Å². The number of piperidine rings is 1. The lowest BCUT2D eigenvalue weighted by Gasteiger charge is -2.45. The monoisotopic (exact) mass is 374 g/mol. The summed E-state index contributed by atoms with van der Waals surface area (Å²) < 4.78 is 24.8. The van der Waals surface area contributed by atoms with Crippen molar-refractivity contribution in [1.82, 2.24) is 0 Å². The Morgan fingerprint density at radius 2 is 1.70 bits per heavy atom. The van der Waals surface area contributed by atoms with Crippen molar-refractivity contribution in [3.63, 3.8) is 0 Å². The first-order valence-electron chi connectivity index (χ1n) is 9.59. The van der Waals surface area contributed by atoms with Gasteiger partial charge in [0.05, 0.1) is 39.4 Å². The Morgan fingerprint density at radius 1 is 1.00 bits per heavy atom. The summed E-state index contributed by atoms with van der Waals surface area (Å²) in [6.07, 6.45) is 3.48. The van der Waals surface area contributed by atoms with Crippen LogP contribution in [-0.2, 0) is 6.42 Å². The molecule has 27 heavy (non-hydrogen) atoms. The maximum absolute atomic E-state index is 13.2. The second kappa shape index (κ2) is 8.72. The Balaban J connectivity index is 1.88. The van der Waals surface area contributed by atoms with Crippen LogP contribution in [0.5, 0.6) is 11.5 Å². The van der Waals surface area contributed by atoms with Crippen LogP contribution < -0.4 is 9.47 Å². The molecule has 1 unspecified atom stereocenters. The van der Waals surface area contributed by atoms with Gasteiger partial charge in [0.15, 0.2) is 11.5 Å². The average Bonchev–Trinajstić information content (AvgIpc) is 2.72. The molecule has 0 aromatic heterocycles. The number of ether oxygens (including phenoxy) is 2. The summed E-state index contributed by atoms with van der Waals surface area (Å²) in [5.41, 5.74) is 1.85. The number of aliphatic hydroxyl groups excluding tert-OH is 1. The zero-order chi connectivity index (χ0) is 19.3. The molecule has 5 heteroatoms. The summed E-state index contributed by atoms with van der Waals surface area (Å²) in [5.74, 6) is 1.00. The molecular formula is C22H29FNO3+. The van der Waals surface area contributed by atoms with Crippen LogP contribution in [0.1, 0.15) is 36.6 Å². The van der Waals surface area contributed by atoms with Crippen molar-refractivity contribution in [3.8, 4) is 11.5 Å². The molecule has 0 amide bonds. The highest BCUT2D eigenvalue weighted by Crippen LogP contribution is 2.40. The van der Waals surface area contributed by atoms with Gasteiger partial charge in [-0.15, -0.1) is 0 Å². The first-order valence-corrected chi connectivity index (χ1v) is 9.59. The Kier molecular flexibility index (Phi) is 6.34. The summed E-state index contributed by atoms with van der Waals surface area (Å²) in [4.78, 5) is 0. The molecule has 1 saturated heterocycles. The van der Waals surface area contributed by atoms with E-state index in [1.54, 1.807) is 14.2 Å². The average molecular weight is 374 g/mol. The molecule has 146 valence electrons. The molecule has 0 aliphatic carbocycles. The Bertz CT molecular complexity index is 742. The summed E-state index contributed by atoms with van der Waals surface area (Å²) >= 11 is 0. The lowest BCUT2D eigenvalue weighted by atomic mass is 10.0. The van der Waals surface area contributed by atoms with Crippen LogP contribution in [0.15, 0.2) is 42.5 Å². The highest BCUT2D eigenvalue weighted by molar-refractivity contribution is 5.47. The minimum atomic E-state index is -0.684. The van der Waals surface area contributed by atoms with E-state index >= 15 is 0 Å². The number of methoxy groups -OCH3 is 2. The topological polar surface area (TPSA) is 38.7 Å². The molecule has 0 spiro atoms. The van der Waals surface area contributed by atoms with E-state index in [4.69, 9.17) is 9.47 Å². The maximum Gasteiger partial charge on any atom is 0.221 e. The molecule has 3 rings (SSSR count). The van der Waals surface area contributed by atoms with Gasteiger partial charge in [-0.25, -0.2) is 4.39 Å². The molecule has 0 radical (unpaired) electrons. The van der Waals surface area contributed by atoms with Gasteiger partial charge >= 0.3 is 0 Å². The maximum atomic E-state index is 13.2. The fourth-order valence-electron chi connectivity index (χ4n) is 4.15. The second-order valence-corrected chi connectivity index (χ2v) is 7.28. The highest BCUT2D eigenvalue weighted by Gasteiger charge is 2.39. The fraction of sp³-hybridized carbons (Fsp3) is 0.455. The number of para-hydroxylation sites is 1. The number of likely N-dealkylation sites (tertiary alicyclic amines) is 1. The summed E-state index contributed by atoms with van der Waals surface area (Å²) in [5, 5.41) is 11.4. The summed E-state index contributed by atoms with van der Waals surface area (Å²) in [6, 6.07) is 12.3. The molecule has 1 aliphatic heterocycles. The van der Waals surface area contributed by atoms with Crippen LogP contribution in [0, 0.1) is 5.82 Å². The second-order valence-electron chi connectivity index (χ2n) is 7.28. The van der Waals surface area contributed by atoms with E-state index in [1.165, 1.54) is 18.6 Å². The third-order valence-electron chi connectivity index (χ3n) is 5.70.